The van der Waals surface area contributed by atoms with Gasteiger partial charge in [-0.05, 0) is 49.6 Å². The number of sulfonamides is 1. The summed E-state index contributed by atoms with van der Waals surface area (Å²) in [7, 11) is -3.89. The Balaban J connectivity index is 1.40. The van der Waals surface area contributed by atoms with Crippen molar-refractivity contribution in [1.29, 1.82) is 0 Å². The van der Waals surface area contributed by atoms with Crippen molar-refractivity contribution in [1.82, 2.24) is 14.3 Å². The molecule has 0 radical (unpaired) electrons. The summed E-state index contributed by atoms with van der Waals surface area (Å²) in [5.41, 5.74) is 2.34. The molecule has 0 atom stereocenters. The number of hydrogen-bond acceptors (Lipinski definition) is 6. The van der Waals surface area contributed by atoms with Crippen molar-refractivity contribution in [2.24, 2.45) is 0 Å². The molecule has 1 N–H and O–H groups in total. The fraction of sp³-hybridized carbons (Fsp3) is 0.364. The van der Waals surface area contributed by atoms with Crippen LogP contribution >= 0.6 is 0 Å². The van der Waals surface area contributed by atoms with E-state index >= 15 is 0 Å². The Kier molecular flexibility index (Phi) is 5.02. The predicted octanol–water partition coefficient (Wildman–Crippen LogP) is 3.16. The fourth-order valence-electron chi connectivity index (χ4n) is 3.82. The van der Waals surface area contributed by atoms with E-state index in [1.165, 1.54) is 16.4 Å². The van der Waals surface area contributed by atoms with Crippen LogP contribution < -0.4 is 10.2 Å². The summed E-state index contributed by atoms with van der Waals surface area (Å²) < 4.78 is 41.7. The number of benzene rings is 2. The number of aryl methyl sites for hydroxylation is 1. The van der Waals surface area contributed by atoms with Gasteiger partial charge in [-0.1, -0.05) is 18.2 Å². The van der Waals surface area contributed by atoms with Crippen LogP contribution in [0.3, 0.4) is 0 Å². The monoisotopic (exact) mass is 441 g/mol. The number of aromatic nitrogens is 2. The van der Waals surface area contributed by atoms with Gasteiger partial charge in [0.25, 0.3) is 0 Å². The molecule has 0 spiro atoms. The Morgan fingerprint density at radius 3 is 2.35 bits per heavy atom. The summed E-state index contributed by atoms with van der Waals surface area (Å²) in [6.07, 6.45) is 2.23. The van der Waals surface area contributed by atoms with E-state index in [9.17, 15) is 12.8 Å². The molecule has 3 aromatic rings. The first kappa shape index (κ1) is 20.1. The second kappa shape index (κ2) is 7.72. The Morgan fingerprint density at radius 1 is 1.00 bits per heavy atom. The van der Waals surface area contributed by atoms with Crippen molar-refractivity contribution in [3.05, 3.63) is 53.8 Å². The fourth-order valence-corrected chi connectivity index (χ4v) is 5.39. The summed E-state index contributed by atoms with van der Waals surface area (Å²) >= 11 is 0. The van der Waals surface area contributed by atoms with E-state index in [-0.39, 0.29) is 18.0 Å². The molecule has 7 nitrogen and oxygen atoms in total. The van der Waals surface area contributed by atoms with Gasteiger partial charge in [-0.15, -0.1) is 0 Å². The van der Waals surface area contributed by atoms with Crippen molar-refractivity contribution in [3.63, 3.8) is 0 Å². The lowest BCUT2D eigenvalue weighted by molar-refractivity contribution is 0.381. The highest BCUT2D eigenvalue weighted by Gasteiger charge is 2.32. The number of nitrogens with zero attached hydrogens (tertiary/aromatic N) is 4. The molecule has 1 aliphatic heterocycles. The van der Waals surface area contributed by atoms with Gasteiger partial charge in [0.05, 0.1) is 11.0 Å². The van der Waals surface area contributed by atoms with Crippen LogP contribution in [0.2, 0.25) is 0 Å². The Morgan fingerprint density at radius 2 is 1.68 bits per heavy atom. The molecule has 0 unspecified atom stereocenters. The topological polar surface area (TPSA) is 78.4 Å². The first-order valence-corrected chi connectivity index (χ1v) is 11.9. The largest absolute Gasteiger partial charge is 0.364 e. The molecular formula is C22H24FN5O2S. The number of para-hydroxylation sites is 2. The van der Waals surface area contributed by atoms with Gasteiger partial charge in [0.2, 0.25) is 10.0 Å². The highest BCUT2D eigenvalue weighted by Crippen LogP contribution is 2.32. The van der Waals surface area contributed by atoms with Crippen LogP contribution in [0, 0.1) is 12.7 Å². The first-order valence-electron chi connectivity index (χ1n) is 10.5. The highest BCUT2D eigenvalue weighted by atomic mass is 32.2. The summed E-state index contributed by atoms with van der Waals surface area (Å²) in [6, 6.07) is 12.3. The predicted molar refractivity (Wildman–Crippen MR) is 118 cm³/mol. The van der Waals surface area contributed by atoms with Gasteiger partial charge < -0.3 is 10.2 Å². The highest BCUT2D eigenvalue weighted by molar-refractivity contribution is 7.89. The van der Waals surface area contributed by atoms with Gasteiger partial charge in [-0.25, -0.2) is 22.8 Å². The van der Waals surface area contributed by atoms with Crippen LogP contribution in [0.15, 0.2) is 47.4 Å². The molecule has 1 saturated heterocycles. The van der Waals surface area contributed by atoms with Crippen molar-refractivity contribution >= 4 is 32.7 Å². The molecule has 9 heteroatoms. The molecule has 0 bridgehead atoms. The van der Waals surface area contributed by atoms with E-state index in [1.54, 1.807) is 13.0 Å². The number of fused-ring (bicyclic) bond motifs is 1. The molecule has 2 aliphatic rings. The van der Waals surface area contributed by atoms with Gasteiger partial charge in [-0.3, -0.25) is 0 Å². The summed E-state index contributed by atoms with van der Waals surface area (Å²) in [5.74, 6) is 0.760. The minimum absolute atomic E-state index is 0.257. The number of hydrogen-bond donors (Lipinski definition) is 1. The standard InChI is InChI=1S/C22H24FN5O2S/c1-15-6-9-17(23)20(14-15)31(29,30)28-12-10-27(11-13-28)22-21(24-16-7-8-16)25-18-4-2-3-5-19(18)26-22/h2-6,9,14,16H,7-8,10-13H2,1H3,(H,24,25). The van der Waals surface area contributed by atoms with E-state index in [0.717, 1.165) is 35.5 Å². The van der Waals surface area contributed by atoms with Gasteiger partial charge in [0.1, 0.15) is 10.7 Å². The molecule has 1 aliphatic carbocycles. The van der Waals surface area contributed by atoms with Crippen LogP contribution in [0.5, 0.6) is 0 Å². The third-order valence-corrected chi connectivity index (χ3v) is 7.63. The Labute approximate surface area is 181 Å². The number of halogens is 1. The normalized spacial score (nSPS) is 17.8. The van der Waals surface area contributed by atoms with Crippen molar-refractivity contribution in [3.8, 4) is 0 Å². The maximum atomic E-state index is 14.2. The molecular weight excluding hydrogens is 417 g/mol. The lowest BCUT2D eigenvalue weighted by atomic mass is 10.2. The minimum Gasteiger partial charge on any atom is -0.364 e. The van der Waals surface area contributed by atoms with E-state index in [1.807, 2.05) is 24.3 Å². The van der Waals surface area contributed by atoms with E-state index < -0.39 is 15.8 Å². The molecule has 5 rings (SSSR count). The van der Waals surface area contributed by atoms with Crippen molar-refractivity contribution < 1.29 is 12.8 Å². The number of anilines is 2. The van der Waals surface area contributed by atoms with Gasteiger partial charge in [-0.2, -0.15) is 4.31 Å². The van der Waals surface area contributed by atoms with Crippen LogP contribution in [-0.2, 0) is 10.0 Å². The molecule has 1 saturated carbocycles. The smallest absolute Gasteiger partial charge is 0.246 e. The second-order valence-electron chi connectivity index (χ2n) is 8.13. The van der Waals surface area contributed by atoms with Crippen LogP contribution in [0.25, 0.3) is 11.0 Å². The Bertz CT molecular complexity index is 1240. The number of piperazine rings is 1. The van der Waals surface area contributed by atoms with E-state index in [2.05, 4.69) is 10.2 Å². The summed E-state index contributed by atoms with van der Waals surface area (Å²) in [5, 5.41) is 3.46. The third kappa shape index (κ3) is 3.95. The SMILES string of the molecule is Cc1ccc(F)c(S(=O)(=O)N2CCN(c3nc4ccccc4nc3NC3CC3)CC2)c1. The lowest BCUT2D eigenvalue weighted by Crippen LogP contribution is -2.49. The quantitative estimate of drug-likeness (QED) is 0.655. The van der Waals surface area contributed by atoms with Crippen LogP contribution in [0.1, 0.15) is 18.4 Å². The van der Waals surface area contributed by atoms with Crippen LogP contribution in [-0.4, -0.2) is 54.9 Å². The van der Waals surface area contributed by atoms with E-state index in [0.29, 0.717) is 24.7 Å². The molecule has 162 valence electrons. The first-order chi connectivity index (χ1) is 14.9. The zero-order chi connectivity index (χ0) is 21.6. The lowest BCUT2D eigenvalue weighted by Gasteiger charge is -2.35. The van der Waals surface area contributed by atoms with Gasteiger partial charge >= 0.3 is 0 Å². The maximum Gasteiger partial charge on any atom is 0.246 e. The average molecular weight is 442 g/mol. The van der Waals surface area contributed by atoms with Gasteiger partial charge in [0, 0.05) is 32.2 Å². The number of nitrogens with one attached hydrogen (secondary N) is 1. The molecule has 2 fully saturated rings. The molecule has 0 amide bonds. The van der Waals surface area contributed by atoms with Crippen molar-refractivity contribution in [2.75, 3.05) is 36.4 Å². The van der Waals surface area contributed by atoms with Crippen molar-refractivity contribution in [2.45, 2.75) is 30.7 Å². The molecule has 2 heterocycles. The second-order valence-corrected chi connectivity index (χ2v) is 10.0. The Hall–Kier alpha value is -2.78. The average Bonchev–Trinajstić information content (AvgIpc) is 3.59. The molecule has 31 heavy (non-hydrogen) atoms. The molecule has 2 aromatic carbocycles. The van der Waals surface area contributed by atoms with E-state index in [4.69, 9.17) is 9.97 Å². The number of rotatable bonds is 5. The minimum atomic E-state index is -3.89. The zero-order valence-electron chi connectivity index (χ0n) is 17.3. The van der Waals surface area contributed by atoms with Gasteiger partial charge in [0.15, 0.2) is 11.6 Å². The third-order valence-electron chi connectivity index (χ3n) is 5.71. The maximum absolute atomic E-state index is 14.2. The summed E-state index contributed by atoms with van der Waals surface area (Å²) in [4.78, 5) is 11.4. The summed E-state index contributed by atoms with van der Waals surface area (Å²) in [6.45, 7) is 3.18. The van der Waals surface area contributed by atoms with Crippen LogP contribution in [0.4, 0.5) is 16.0 Å². The molecule has 1 aromatic heterocycles. The zero-order valence-corrected chi connectivity index (χ0v) is 18.1.